The number of sulfonamides is 1. The van der Waals surface area contributed by atoms with Crippen LogP contribution in [0.3, 0.4) is 0 Å². The number of anilines is 1. The van der Waals surface area contributed by atoms with Crippen molar-refractivity contribution in [2.45, 2.75) is 50.7 Å². The number of aliphatic carboxylic acids is 1. The Bertz CT molecular complexity index is 1660. The van der Waals surface area contributed by atoms with Crippen LogP contribution in [-0.4, -0.2) is 110 Å². The van der Waals surface area contributed by atoms with Crippen LogP contribution in [0.5, 0.6) is 0 Å². The molecule has 6 heterocycles. The number of benzene rings is 2. The van der Waals surface area contributed by atoms with E-state index in [2.05, 4.69) is 6.92 Å². The van der Waals surface area contributed by atoms with Gasteiger partial charge in [-0.3, -0.25) is 9.10 Å². The highest BCUT2D eigenvalue weighted by Crippen LogP contribution is 2.49. The SMILES string of the molecule is CCC[N+]12CC[N+](CCc3ccc4c5c(cccc35)N(CC3=C(C(=O)[O-])N5C(=O)[C@H]([C@@H](C)O)[C@H]5[C@H]3C)S4(=O)=O)(CC1)CC2. The number of carbonyl (C=O) groups is 2. The van der Waals surface area contributed by atoms with Crippen LogP contribution in [-0.2, 0) is 26.0 Å². The van der Waals surface area contributed by atoms with E-state index >= 15 is 0 Å². The Balaban J connectivity index is 1.19. The quantitative estimate of drug-likeness (QED) is 0.333. The van der Waals surface area contributed by atoms with Gasteiger partial charge in [-0.1, -0.05) is 32.0 Å². The number of quaternary nitrogens is 2. The van der Waals surface area contributed by atoms with Crippen LogP contribution in [0.25, 0.3) is 10.8 Å². The normalized spacial score (nSPS) is 32.8. The molecule has 6 aliphatic heterocycles. The number of aliphatic hydroxyl groups is 1. The van der Waals surface area contributed by atoms with Crippen molar-refractivity contribution in [3.63, 3.8) is 0 Å². The summed E-state index contributed by atoms with van der Waals surface area (Å²) in [6, 6.07) is 8.77. The summed E-state index contributed by atoms with van der Waals surface area (Å²) in [5.41, 5.74) is 1.73. The smallest absolute Gasteiger partial charge is 0.265 e. The Kier molecular flexibility index (Phi) is 6.52. The molecule has 4 saturated heterocycles. The van der Waals surface area contributed by atoms with Gasteiger partial charge in [-0.25, -0.2) is 8.42 Å². The lowest BCUT2D eigenvalue weighted by Crippen LogP contribution is -2.75. The van der Waals surface area contributed by atoms with Gasteiger partial charge in [0, 0.05) is 17.7 Å². The van der Waals surface area contributed by atoms with Gasteiger partial charge in [-0.2, -0.15) is 0 Å². The molecule has 0 saturated carbocycles. The fourth-order valence-electron chi connectivity index (χ4n) is 8.92. The minimum Gasteiger partial charge on any atom is -0.543 e. The molecule has 0 aliphatic carbocycles. The number of hydrogen-bond acceptors (Lipinski definition) is 6. The Labute approximate surface area is 253 Å². The second-order valence-electron chi connectivity index (χ2n) is 13.6. The predicted molar refractivity (Wildman–Crippen MR) is 159 cm³/mol. The summed E-state index contributed by atoms with van der Waals surface area (Å²) >= 11 is 0. The van der Waals surface area contributed by atoms with Crippen LogP contribution in [0.1, 0.15) is 32.8 Å². The fraction of sp³-hybridized carbons (Fsp3) is 0.562. The fourth-order valence-corrected chi connectivity index (χ4v) is 10.6. The summed E-state index contributed by atoms with van der Waals surface area (Å²) in [5.74, 6) is -3.15. The molecule has 0 radical (unpaired) electrons. The lowest BCUT2D eigenvalue weighted by molar-refractivity contribution is -1.08. The molecule has 4 atom stereocenters. The van der Waals surface area contributed by atoms with E-state index in [4.69, 9.17) is 0 Å². The van der Waals surface area contributed by atoms with E-state index in [-0.39, 0.29) is 17.1 Å². The second-order valence-corrected chi connectivity index (χ2v) is 15.4. The lowest BCUT2D eigenvalue weighted by Gasteiger charge is -2.55. The van der Waals surface area contributed by atoms with Crippen LogP contribution in [0.4, 0.5) is 5.69 Å². The number of hydrogen-bond donors (Lipinski definition) is 1. The number of fused-ring (bicyclic) bond motifs is 4. The average molecular weight is 610 g/mol. The lowest BCUT2D eigenvalue weighted by atomic mass is 9.78. The number of carbonyl (C=O) groups excluding carboxylic acids is 2. The van der Waals surface area contributed by atoms with Crippen LogP contribution in [0.15, 0.2) is 46.5 Å². The van der Waals surface area contributed by atoms with Crippen LogP contribution in [0.2, 0.25) is 0 Å². The Morgan fingerprint density at radius 3 is 2.33 bits per heavy atom. The number of carboxylic acids is 1. The van der Waals surface area contributed by atoms with Crippen LogP contribution >= 0.6 is 0 Å². The van der Waals surface area contributed by atoms with Gasteiger partial charge in [-0.15, -0.1) is 0 Å². The molecule has 2 aromatic rings. The van der Waals surface area contributed by atoms with E-state index in [1.807, 2.05) is 18.2 Å². The molecule has 0 unspecified atom stereocenters. The number of piperazine rings is 3. The van der Waals surface area contributed by atoms with E-state index < -0.39 is 45.9 Å². The Morgan fingerprint density at radius 1 is 1.07 bits per heavy atom. The van der Waals surface area contributed by atoms with E-state index in [0.29, 0.717) is 16.6 Å². The summed E-state index contributed by atoms with van der Waals surface area (Å²) < 4.78 is 31.6. The summed E-state index contributed by atoms with van der Waals surface area (Å²) in [5, 5.41) is 24.1. The topological polar surface area (TPSA) is 118 Å². The summed E-state index contributed by atoms with van der Waals surface area (Å²) in [6.07, 6.45) is 1.15. The highest BCUT2D eigenvalue weighted by molar-refractivity contribution is 7.93. The minimum absolute atomic E-state index is 0.194. The summed E-state index contributed by atoms with van der Waals surface area (Å²) in [6.45, 7) is 15.0. The zero-order valence-corrected chi connectivity index (χ0v) is 26.0. The monoisotopic (exact) mass is 609 g/mol. The first kappa shape index (κ1) is 28.8. The van der Waals surface area contributed by atoms with Crippen molar-refractivity contribution < 1.29 is 37.2 Å². The average Bonchev–Trinajstić information content (AvgIpc) is 3.35. The zero-order valence-electron chi connectivity index (χ0n) is 25.2. The number of aliphatic hydroxyl groups excluding tert-OH is 1. The number of rotatable bonds is 9. The van der Waals surface area contributed by atoms with Crippen molar-refractivity contribution in [1.82, 2.24) is 4.90 Å². The predicted octanol–water partition coefficient (Wildman–Crippen LogP) is 0.823. The van der Waals surface area contributed by atoms with E-state index in [9.17, 15) is 28.2 Å². The molecule has 0 spiro atoms. The Morgan fingerprint density at radius 2 is 1.72 bits per heavy atom. The molecular weight excluding hydrogens is 568 g/mol. The van der Waals surface area contributed by atoms with Crippen molar-refractivity contribution >= 4 is 38.4 Å². The van der Waals surface area contributed by atoms with E-state index in [1.165, 1.54) is 72.8 Å². The zero-order chi connectivity index (χ0) is 30.5. The Hall–Kier alpha value is -2.99. The third-order valence-electron chi connectivity index (χ3n) is 11.4. The molecule has 2 bridgehead atoms. The van der Waals surface area contributed by atoms with Gasteiger partial charge >= 0.3 is 0 Å². The van der Waals surface area contributed by atoms with Gasteiger partial charge in [-0.05, 0) is 42.0 Å². The van der Waals surface area contributed by atoms with Gasteiger partial charge in [0.2, 0.25) is 5.91 Å². The molecule has 6 aliphatic rings. The number of carboxylic acid groups (broad SMARTS) is 1. The first-order chi connectivity index (χ1) is 20.4. The summed E-state index contributed by atoms with van der Waals surface area (Å²) in [4.78, 5) is 26.5. The van der Waals surface area contributed by atoms with Gasteiger partial charge < -0.3 is 28.9 Å². The van der Waals surface area contributed by atoms with Crippen LogP contribution in [0, 0.1) is 11.8 Å². The third-order valence-corrected chi connectivity index (χ3v) is 13.2. The van der Waals surface area contributed by atoms with Crippen molar-refractivity contribution in [2.24, 2.45) is 11.8 Å². The number of β-lactam (4-membered cyclic amide) rings is 1. The van der Waals surface area contributed by atoms with E-state index in [1.54, 1.807) is 19.1 Å². The van der Waals surface area contributed by atoms with Crippen LogP contribution < -0.4 is 9.41 Å². The number of nitrogens with zero attached hydrogens (tertiary/aromatic N) is 4. The highest BCUT2D eigenvalue weighted by Gasteiger charge is 2.59. The molecule has 230 valence electrons. The van der Waals surface area contributed by atoms with Gasteiger partial charge in [0.1, 0.15) is 39.3 Å². The van der Waals surface area contributed by atoms with Gasteiger partial charge in [0.05, 0.1) is 59.9 Å². The van der Waals surface area contributed by atoms with Gasteiger partial charge in [0.15, 0.2) is 0 Å². The highest BCUT2D eigenvalue weighted by atomic mass is 32.2. The largest absolute Gasteiger partial charge is 0.543 e. The van der Waals surface area contributed by atoms with E-state index in [0.717, 1.165) is 28.4 Å². The summed E-state index contributed by atoms with van der Waals surface area (Å²) in [7, 11) is -3.96. The van der Waals surface area contributed by atoms with Crippen molar-refractivity contribution in [3.8, 4) is 0 Å². The molecule has 43 heavy (non-hydrogen) atoms. The molecular formula is C32H41N4O6S+. The molecule has 2 aromatic carbocycles. The maximum atomic E-state index is 14.0. The minimum atomic E-state index is -3.96. The first-order valence-electron chi connectivity index (χ1n) is 15.7. The van der Waals surface area contributed by atoms with Crippen molar-refractivity contribution in [1.29, 1.82) is 0 Å². The third kappa shape index (κ3) is 4.04. The molecule has 10 nitrogen and oxygen atoms in total. The van der Waals surface area contributed by atoms with Crippen molar-refractivity contribution in [3.05, 3.63) is 47.2 Å². The number of amides is 1. The molecule has 4 fully saturated rings. The molecule has 1 N–H and O–H groups in total. The second kappa shape index (κ2) is 9.76. The molecule has 11 heteroatoms. The molecule has 1 amide bonds. The van der Waals surface area contributed by atoms with Crippen molar-refractivity contribution in [2.75, 3.05) is 63.2 Å². The molecule has 0 aromatic heterocycles. The standard InChI is InChI=1S/C32H41N4O6S/c1-4-11-35-13-16-36(17-14-35,18-15-35)12-10-22-8-9-26-28-23(22)6-5-7-25(28)33(43(26,41)42)19-24-20(2)29-27(21(3)37)31(38)34(29)30(24)32(39)40/h5-9,20-21,27,29,37H,4,10-19H2,1-3H3/q+1/t20-,21+,27+,29+,35?,36?/m0/s1. The first-order valence-corrected chi connectivity index (χ1v) is 17.1. The maximum Gasteiger partial charge on any atom is 0.265 e. The maximum absolute atomic E-state index is 14.0. The molecule has 8 rings (SSSR count). The van der Waals surface area contributed by atoms with Gasteiger partial charge in [0.25, 0.3) is 10.0 Å².